The Bertz CT molecular complexity index is 759. The van der Waals surface area contributed by atoms with Crippen molar-refractivity contribution in [3.05, 3.63) is 28.1 Å². The van der Waals surface area contributed by atoms with Gasteiger partial charge in [0.25, 0.3) is 0 Å². The number of fused-ring (bicyclic) bond motifs is 4. The molecule has 5 rings (SSSR count). The van der Waals surface area contributed by atoms with Crippen molar-refractivity contribution in [1.29, 1.82) is 0 Å². The van der Waals surface area contributed by atoms with E-state index < -0.39 is 11.7 Å². The third-order valence-corrected chi connectivity index (χ3v) is 6.60. The van der Waals surface area contributed by atoms with Crippen molar-refractivity contribution in [1.82, 2.24) is 4.98 Å². The fourth-order valence-corrected chi connectivity index (χ4v) is 5.09. The molecule has 25 heavy (non-hydrogen) atoms. The van der Waals surface area contributed by atoms with Gasteiger partial charge in [-0.25, -0.2) is 4.79 Å². The predicted octanol–water partition coefficient (Wildman–Crippen LogP) is 3.14. The van der Waals surface area contributed by atoms with Crippen LogP contribution in [-0.4, -0.2) is 29.3 Å². The first-order valence-corrected chi connectivity index (χ1v) is 9.51. The van der Waals surface area contributed by atoms with E-state index in [9.17, 15) is 9.90 Å². The molecule has 0 amide bonds. The zero-order valence-corrected chi connectivity index (χ0v) is 14.9. The molecular formula is C20H25NO4. The van der Waals surface area contributed by atoms with E-state index >= 15 is 0 Å². The van der Waals surface area contributed by atoms with Crippen LogP contribution in [0.25, 0.3) is 0 Å². The number of carbonyl (C=O) groups excluding carboxylic acids is 1. The van der Waals surface area contributed by atoms with Crippen molar-refractivity contribution in [2.45, 2.75) is 70.0 Å². The van der Waals surface area contributed by atoms with Crippen molar-refractivity contribution in [3.63, 3.8) is 0 Å². The zero-order valence-electron chi connectivity index (χ0n) is 14.9. The average Bonchev–Trinajstić information content (AvgIpc) is 3.25. The Hall–Kier alpha value is -1.46. The van der Waals surface area contributed by atoms with Gasteiger partial charge in [0, 0.05) is 29.7 Å². The summed E-state index contributed by atoms with van der Waals surface area (Å²) < 4.78 is 11.5. The summed E-state index contributed by atoms with van der Waals surface area (Å²) in [5.74, 6) is -0.120. The molecule has 2 spiro atoms. The van der Waals surface area contributed by atoms with Crippen molar-refractivity contribution < 1.29 is 19.4 Å². The number of pyridine rings is 1. The summed E-state index contributed by atoms with van der Waals surface area (Å²) in [4.78, 5) is 17.7. The fraction of sp³-hybridized carbons (Fsp3) is 0.700. The Morgan fingerprint density at radius 1 is 1.20 bits per heavy atom. The Balaban J connectivity index is 1.77. The van der Waals surface area contributed by atoms with E-state index in [0.717, 1.165) is 35.4 Å². The molecular weight excluding hydrogens is 318 g/mol. The van der Waals surface area contributed by atoms with E-state index in [1.807, 2.05) is 0 Å². The number of esters is 1. The van der Waals surface area contributed by atoms with Gasteiger partial charge in [-0.2, -0.15) is 0 Å². The third-order valence-electron chi connectivity index (χ3n) is 6.60. The van der Waals surface area contributed by atoms with Crippen molar-refractivity contribution in [2.75, 3.05) is 13.2 Å². The largest absolute Gasteiger partial charge is 0.450 e. The first-order chi connectivity index (χ1) is 11.9. The number of ether oxygens (including phenoxy) is 2. The van der Waals surface area contributed by atoms with Gasteiger partial charge in [0.1, 0.15) is 5.60 Å². The van der Waals surface area contributed by atoms with Gasteiger partial charge in [-0.05, 0) is 37.0 Å². The number of hydrogen-bond donors (Lipinski definition) is 1. The molecule has 2 fully saturated rings. The maximum atomic E-state index is 12.8. The van der Waals surface area contributed by atoms with Crippen LogP contribution >= 0.6 is 0 Å². The van der Waals surface area contributed by atoms with Crippen molar-refractivity contribution in [3.8, 4) is 0 Å². The smallest absolute Gasteiger partial charge is 0.341 e. The molecule has 1 saturated heterocycles. The second-order valence-electron chi connectivity index (χ2n) is 8.65. The molecule has 0 unspecified atom stereocenters. The summed E-state index contributed by atoms with van der Waals surface area (Å²) in [5, 5.41) is 11.0. The molecule has 5 nitrogen and oxygen atoms in total. The van der Waals surface area contributed by atoms with Gasteiger partial charge < -0.3 is 14.6 Å². The minimum absolute atomic E-state index is 0.149. The summed E-state index contributed by atoms with van der Waals surface area (Å²) in [6.45, 7) is 5.31. The topological polar surface area (TPSA) is 68.7 Å². The lowest BCUT2D eigenvalue weighted by Gasteiger charge is -2.37. The monoisotopic (exact) mass is 343 g/mol. The van der Waals surface area contributed by atoms with Crippen LogP contribution < -0.4 is 0 Å². The maximum absolute atomic E-state index is 12.8. The van der Waals surface area contributed by atoms with Crippen LogP contribution in [-0.2, 0) is 21.5 Å². The van der Waals surface area contributed by atoms with Gasteiger partial charge in [-0.3, -0.25) is 4.98 Å². The minimum Gasteiger partial charge on any atom is -0.450 e. The highest BCUT2D eigenvalue weighted by Crippen LogP contribution is 2.60. The molecule has 1 N–H and O–H groups in total. The summed E-state index contributed by atoms with van der Waals surface area (Å²) in [6, 6.07) is 0. The molecule has 0 bridgehead atoms. The SMILES string of the molecule is CC(C)c1nc2c(c3c1C(=O)OC31CCOCC1)[C@@H](O)CC1(CC1)C2. The number of hydrogen-bond acceptors (Lipinski definition) is 5. The second kappa shape index (κ2) is 5.04. The van der Waals surface area contributed by atoms with Crippen LogP contribution in [0.15, 0.2) is 0 Å². The van der Waals surface area contributed by atoms with Gasteiger partial charge in [0.15, 0.2) is 0 Å². The summed E-state index contributed by atoms with van der Waals surface area (Å²) in [5.41, 5.74) is 3.92. The summed E-state index contributed by atoms with van der Waals surface area (Å²) in [6.07, 6.45) is 4.85. The van der Waals surface area contributed by atoms with Crippen LogP contribution in [0.1, 0.15) is 90.8 Å². The van der Waals surface area contributed by atoms with Gasteiger partial charge in [-0.15, -0.1) is 0 Å². The van der Waals surface area contributed by atoms with E-state index in [1.165, 1.54) is 12.8 Å². The highest BCUT2D eigenvalue weighted by atomic mass is 16.6. The summed E-state index contributed by atoms with van der Waals surface area (Å²) in [7, 11) is 0. The lowest BCUT2D eigenvalue weighted by Crippen LogP contribution is -2.36. The lowest BCUT2D eigenvalue weighted by atomic mass is 9.73. The first kappa shape index (κ1) is 15.8. The quantitative estimate of drug-likeness (QED) is 0.794. The molecule has 1 aromatic rings. The van der Waals surface area contributed by atoms with Crippen molar-refractivity contribution in [2.24, 2.45) is 5.41 Å². The number of carbonyl (C=O) groups is 1. The van der Waals surface area contributed by atoms with E-state index in [1.54, 1.807) is 0 Å². The highest BCUT2D eigenvalue weighted by Gasteiger charge is 2.55. The van der Waals surface area contributed by atoms with Gasteiger partial charge in [0.2, 0.25) is 0 Å². The average molecular weight is 343 g/mol. The highest BCUT2D eigenvalue weighted by molar-refractivity contribution is 5.97. The molecule has 0 radical (unpaired) electrons. The fourth-order valence-electron chi connectivity index (χ4n) is 5.09. The molecule has 1 atom stereocenters. The molecule has 2 aliphatic carbocycles. The Morgan fingerprint density at radius 3 is 2.56 bits per heavy atom. The number of aliphatic hydroxyl groups is 1. The lowest BCUT2D eigenvalue weighted by molar-refractivity contribution is -0.0748. The Kier molecular flexibility index (Phi) is 3.18. The molecule has 1 aromatic heterocycles. The predicted molar refractivity (Wildman–Crippen MR) is 90.4 cm³/mol. The van der Waals surface area contributed by atoms with E-state index in [-0.39, 0.29) is 17.3 Å². The van der Waals surface area contributed by atoms with Gasteiger partial charge >= 0.3 is 5.97 Å². The minimum atomic E-state index is -0.629. The standard InChI is InChI=1S/C20H25NO4/c1-11(2)17-15-16(20(25-18(15)23)5-7-24-8-6-20)14-12(21-17)9-19(3-4-19)10-13(14)22/h11,13,22H,3-10H2,1-2H3/t13-/m0/s1. The van der Waals surface area contributed by atoms with Crippen LogP contribution in [0, 0.1) is 5.41 Å². The van der Waals surface area contributed by atoms with Crippen LogP contribution in [0.4, 0.5) is 0 Å². The number of rotatable bonds is 1. The first-order valence-electron chi connectivity index (χ1n) is 9.51. The van der Waals surface area contributed by atoms with E-state index in [4.69, 9.17) is 14.5 Å². The second-order valence-corrected chi connectivity index (χ2v) is 8.65. The molecule has 5 heteroatoms. The maximum Gasteiger partial charge on any atom is 0.341 e. The molecule has 134 valence electrons. The van der Waals surface area contributed by atoms with E-state index in [2.05, 4.69) is 13.8 Å². The Labute approximate surface area is 147 Å². The summed E-state index contributed by atoms with van der Waals surface area (Å²) >= 11 is 0. The number of aliphatic hydroxyl groups excluding tert-OH is 1. The number of nitrogens with zero attached hydrogens (tertiary/aromatic N) is 1. The van der Waals surface area contributed by atoms with Crippen LogP contribution in [0.2, 0.25) is 0 Å². The molecule has 4 aliphatic rings. The van der Waals surface area contributed by atoms with E-state index in [0.29, 0.717) is 31.6 Å². The van der Waals surface area contributed by atoms with Crippen LogP contribution in [0.5, 0.6) is 0 Å². The van der Waals surface area contributed by atoms with Gasteiger partial charge in [-0.1, -0.05) is 13.8 Å². The van der Waals surface area contributed by atoms with Gasteiger partial charge in [0.05, 0.1) is 30.6 Å². The zero-order chi connectivity index (χ0) is 17.4. The number of aromatic nitrogens is 1. The molecule has 2 aliphatic heterocycles. The third kappa shape index (κ3) is 2.15. The van der Waals surface area contributed by atoms with Crippen LogP contribution in [0.3, 0.4) is 0 Å². The molecule has 0 aromatic carbocycles. The Morgan fingerprint density at radius 2 is 1.92 bits per heavy atom. The normalized spacial score (nSPS) is 28.2. The van der Waals surface area contributed by atoms with Crippen molar-refractivity contribution >= 4 is 5.97 Å². The molecule has 1 saturated carbocycles. The molecule has 3 heterocycles.